The van der Waals surface area contributed by atoms with Gasteiger partial charge in [0.1, 0.15) is 17.4 Å². The number of ether oxygens (including phenoxy) is 2. The number of hydrogen-bond donors (Lipinski definition) is 3. The van der Waals surface area contributed by atoms with Crippen molar-refractivity contribution in [2.45, 2.75) is 32.2 Å². The molecule has 0 bridgehead atoms. The third kappa shape index (κ3) is 10.3. The van der Waals surface area contributed by atoms with Crippen LogP contribution in [0.1, 0.15) is 36.5 Å². The number of amides is 2. The molecular formula is C21H30N6O6S. The number of benzene rings is 1. The Hall–Kier alpha value is -3.61. The summed E-state index contributed by atoms with van der Waals surface area (Å²) in [6.07, 6.45) is 1.34. The zero-order valence-corrected chi connectivity index (χ0v) is 20.4. The standard InChI is InChI=1S/C21H30N6O6S/c1-13(28)24-15(17(29)25-19(22)26-20(23)27(2)3)10-7-8-12-34-21(31)33-16-11-6-5-9-14(16)18(30)32-4/h5-6,9,11,15H,7-8,10,12H2,1-4H3,(H,24,28)(H4,22,23,25,26,29). The molecule has 0 aliphatic carbocycles. The number of thioether (sulfide) groups is 1. The molecule has 0 heterocycles. The van der Waals surface area contributed by atoms with Gasteiger partial charge in [0.2, 0.25) is 11.9 Å². The second-order valence-corrected chi connectivity index (χ2v) is 8.14. The van der Waals surface area contributed by atoms with Gasteiger partial charge in [0.25, 0.3) is 5.91 Å². The predicted molar refractivity (Wildman–Crippen MR) is 130 cm³/mol. The second-order valence-electron chi connectivity index (χ2n) is 7.11. The van der Waals surface area contributed by atoms with Crippen LogP contribution >= 0.6 is 11.8 Å². The predicted octanol–water partition coefficient (Wildman–Crippen LogP) is 1.10. The Bertz CT molecular complexity index is 949. The van der Waals surface area contributed by atoms with E-state index in [1.807, 2.05) is 0 Å². The van der Waals surface area contributed by atoms with E-state index in [9.17, 15) is 19.2 Å². The summed E-state index contributed by atoms with van der Waals surface area (Å²) >= 11 is 0.924. The molecule has 34 heavy (non-hydrogen) atoms. The van der Waals surface area contributed by atoms with Gasteiger partial charge in [0, 0.05) is 26.8 Å². The largest absolute Gasteiger partial charge is 0.465 e. The molecule has 1 aromatic rings. The van der Waals surface area contributed by atoms with Gasteiger partial charge >= 0.3 is 11.3 Å². The Labute approximate surface area is 202 Å². The number of unbranched alkanes of at least 4 members (excludes halogenated alkanes) is 1. The number of carbonyl (C=O) groups is 4. The molecule has 0 fully saturated rings. The highest BCUT2D eigenvalue weighted by molar-refractivity contribution is 8.13. The van der Waals surface area contributed by atoms with Crippen molar-refractivity contribution in [2.75, 3.05) is 27.0 Å². The molecule has 0 radical (unpaired) electrons. The van der Waals surface area contributed by atoms with Crippen molar-refractivity contribution in [3.8, 4) is 5.75 Å². The van der Waals surface area contributed by atoms with Crippen LogP contribution in [0, 0.1) is 0 Å². The van der Waals surface area contributed by atoms with E-state index in [-0.39, 0.29) is 29.7 Å². The van der Waals surface area contributed by atoms with Crippen molar-refractivity contribution < 1.29 is 28.7 Å². The average Bonchev–Trinajstić information content (AvgIpc) is 2.77. The van der Waals surface area contributed by atoms with Crippen LogP contribution < -0.4 is 21.5 Å². The number of methoxy groups -OCH3 is 1. The summed E-state index contributed by atoms with van der Waals surface area (Å²) in [6.45, 7) is 1.29. The summed E-state index contributed by atoms with van der Waals surface area (Å²) < 4.78 is 9.90. The van der Waals surface area contributed by atoms with E-state index in [4.69, 9.17) is 16.2 Å². The maximum Gasteiger partial charge on any atom is 0.372 e. The van der Waals surface area contributed by atoms with Gasteiger partial charge < -0.3 is 31.2 Å². The smallest absolute Gasteiger partial charge is 0.372 e. The third-order valence-corrected chi connectivity index (χ3v) is 4.99. The van der Waals surface area contributed by atoms with E-state index in [2.05, 4.69) is 20.0 Å². The van der Waals surface area contributed by atoms with E-state index in [0.29, 0.717) is 18.6 Å². The van der Waals surface area contributed by atoms with E-state index < -0.39 is 29.1 Å². The zero-order chi connectivity index (χ0) is 25.7. The van der Waals surface area contributed by atoms with E-state index in [0.717, 1.165) is 11.8 Å². The molecule has 5 N–H and O–H groups in total. The fourth-order valence-electron chi connectivity index (χ4n) is 2.50. The number of hydrogen-bond acceptors (Lipinski definition) is 7. The minimum Gasteiger partial charge on any atom is -0.465 e. The first-order chi connectivity index (χ1) is 16.0. The quantitative estimate of drug-likeness (QED) is 0.195. The monoisotopic (exact) mass is 494 g/mol. The number of rotatable bonds is 9. The van der Waals surface area contributed by atoms with Gasteiger partial charge in [-0.3, -0.25) is 9.59 Å². The summed E-state index contributed by atoms with van der Waals surface area (Å²) in [5, 5.41) is 1.95. The molecule has 0 aromatic heterocycles. The van der Waals surface area contributed by atoms with Crippen LogP contribution in [0.25, 0.3) is 0 Å². The van der Waals surface area contributed by atoms with E-state index in [1.165, 1.54) is 31.1 Å². The Morgan fingerprint density at radius 3 is 2.41 bits per heavy atom. The molecule has 0 spiro atoms. The van der Waals surface area contributed by atoms with Crippen LogP contribution in [0.5, 0.6) is 5.75 Å². The number of nitrogens with one attached hydrogen (secondary N) is 1. The second kappa shape index (κ2) is 14.5. The molecule has 0 aliphatic heterocycles. The minimum absolute atomic E-state index is 0.0725. The third-order valence-electron chi connectivity index (χ3n) is 4.18. The SMILES string of the molecule is COC(=O)c1ccccc1OC(=O)SCCCCC(NC(C)=O)C(=O)N=C(N)N=C(N)N(C)C. The Morgan fingerprint density at radius 1 is 1.12 bits per heavy atom. The Balaban J connectivity index is 2.58. The van der Waals surface area contributed by atoms with Crippen LogP contribution in [0.4, 0.5) is 4.79 Å². The first kappa shape index (κ1) is 28.4. The lowest BCUT2D eigenvalue weighted by molar-refractivity contribution is -0.126. The van der Waals surface area contributed by atoms with Crippen molar-refractivity contribution in [1.82, 2.24) is 10.2 Å². The minimum atomic E-state index is -0.893. The highest BCUT2D eigenvalue weighted by atomic mass is 32.2. The molecule has 0 saturated carbocycles. The molecule has 1 atom stereocenters. The number of aliphatic imine (C=N–C) groups is 2. The van der Waals surface area contributed by atoms with Gasteiger partial charge in [0.15, 0.2) is 5.96 Å². The molecule has 2 amide bonds. The van der Waals surface area contributed by atoms with Crippen molar-refractivity contribution in [3.05, 3.63) is 29.8 Å². The summed E-state index contributed by atoms with van der Waals surface area (Å²) in [5.74, 6) is -1.41. The molecule has 13 heteroatoms. The maximum absolute atomic E-state index is 12.4. The van der Waals surface area contributed by atoms with Crippen LogP contribution in [-0.2, 0) is 14.3 Å². The fourth-order valence-corrected chi connectivity index (χ4v) is 3.16. The van der Waals surface area contributed by atoms with Gasteiger partial charge in [-0.05, 0) is 36.7 Å². The molecule has 0 aliphatic rings. The number of guanidine groups is 2. The number of nitrogens with zero attached hydrogens (tertiary/aromatic N) is 3. The Morgan fingerprint density at radius 2 is 1.79 bits per heavy atom. The Kier molecular flexibility index (Phi) is 12.1. The summed E-state index contributed by atoms with van der Waals surface area (Å²) in [6, 6.07) is 5.36. The fraction of sp³-hybridized carbons (Fsp3) is 0.429. The van der Waals surface area contributed by atoms with Crippen molar-refractivity contribution in [3.63, 3.8) is 0 Å². The normalized spacial score (nSPS) is 12.5. The lowest BCUT2D eigenvalue weighted by Crippen LogP contribution is -2.40. The number of carbonyl (C=O) groups excluding carboxylic acids is 4. The molecular weight excluding hydrogens is 464 g/mol. The molecule has 1 unspecified atom stereocenters. The molecule has 186 valence electrons. The highest BCUT2D eigenvalue weighted by Crippen LogP contribution is 2.22. The lowest BCUT2D eigenvalue weighted by Gasteiger charge is -2.14. The molecule has 12 nitrogen and oxygen atoms in total. The number of esters is 1. The van der Waals surface area contributed by atoms with Crippen molar-refractivity contribution in [2.24, 2.45) is 21.5 Å². The first-order valence-corrected chi connectivity index (χ1v) is 11.2. The van der Waals surface area contributed by atoms with Crippen LogP contribution in [0.3, 0.4) is 0 Å². The zero-order valence-electron chi connectivity index (χ0n) is 19.6. The average molecular weight is 495 g/mol. The molecule has 1 rings (SSSR count). The lowest BCUT2D eigenvalue weighted by atomic mass is 10.1. The van der Waals surface area contributed by atoms with Crippen molar-refractivity contribution >= 4 is 46.8 Å². The van der Waals surface area contributed by atoms with Gasteiger partial charge in [-0.1, -0.05) is 18.6 Å². The van der Waals surface area contributed by atoms with Gasteiger partial charge in [-0.15, -0.1) is 0 Å². The van der Waals surface area contributed by atoms with E-state index in [1.54, 1.807) is 26.2 Å². The summed E-state index contributed by atoms with van der Waals surface area (Å²) in [5.41, 5.74) is 11.4. The van der Waals surface area contributed by atoms with Gasteiger partial charge in [-0.25, -0.2) is 9.59 Å². The van der Waals surface area contributed by atoms with E-state index >= 15 is 0 Å². The molecule has 0 saturated heterocycles. The number of nitrogens with two attached hydrogens (primary N) is 2. The molecule has 1 aromatic carbocycles. The first-order valence-electron chi connectivity index (χ1n) is 10.2. The topological polar surface area (TPSA) is 179 Å². The summed E-state index contributed by atoms with van der Waals surface area (Å²) in [4.78, 5) is 56.7. The highest BCUT2D eigenvalue weighted by Gasteiger charge is 2.20. The van der Waals surface area contributed by atoms with Gasteiger partial charge in [-0.2, -0.15) is 9.98 Å². The maximum atomic E-state index is 12.4. The van der Waals surface area contributed by atoms with Crippen LogP contribution in [-0.4, -0.2) is 72.9 Å². The van der Waals surface area contributed by atoms with Crippen LogP contribution in [0.15, 0.2) is 34.3 Å². The van der Waals surface area contributed by atoms with Crippen molar-refractivity contribution in [1.29, 1.82) is 0 Å². The van der Waals surface area contributed by atoms with Gasteiger partial charge in [0.05, 0.1) is 7.11 Å². The summed E-state index contributed by atoms with van der Waals surface area (Å²) in [7, 11) is 4.54. The number of para-hydroxylation sites is 1. The van der Waals surface area contributed by atoms with Crippen LogP contribution in [0.2, 0.25) is 0 Å².